The van der Waals surface area contributed by atoms with Gasteiger partial charge in [-0.25, -0.2) is 4.90 Å². The average molecular weight is 281 g/mol. The molecule has 0 N–H and O–H groups in total. The highest BCUT2D eigenvalue weighted by Gasteiger charge is 2.22. The normalized spacial score (nSPS) is 10.1. The van der Waals surface area contributed by atoms with Crippen molar-refractivity contribution in [1.82, 2.24) is 0 Å². The van der Waals surface area contributed by atoms with Gasteiger partial charge in [0.25, 0.3) is 0 Å². The van der Waals surface area contributed by atoms with Gasteiger partial charge in [-0.2, -0.15) is 0 Å². The van der Waals surface area contributed by atoms with Crippen molar-refractivity contribution in [2.75, 3.05) is 4.90 Å². The third-order valence-corrected chi connectivity index (χ3v) is 2.63. The summed E-state index contributed by atoms with van der Waals surface area (Å²) in [5, 5.41) is 0.650. The summed E-state index contributed by atoms with van der Waals surface area (Å²) in [6, 6.07) is 2.84. The van der Waals surface area contributed by atoms with Crippen molar-refractivity contribution in [3.63, 3.8) is 0 Å². The second-order valence-corrected chi connectivity index (χ2v) is 4.34. The van der Waals surface area contributed by atoms with E-state index >= 15 is 0 Å². The Morgan fingerprint density at radius 1 is 1.00 bits per heavy atom. The maximum Gasteiger partial charge on any atom is 0.230 e. The summed E-state index contributed by atoms with van der Waals surface area (Å²) in [5.74, 6) is -0.919. The summed E-state index contributed by atoms with van der Waals surface area (Å²) in [6.07, 6.45) is 0. The highest BCUT2D eigenvalue weighted by Crippen LogP contribution is 2.36. The molecule has 3 nitrogen and oxygen atoms in total. The molecule has 0 saturated carbocycles. The van der Waals surface area contributed by atoms with E-state index in [1.807, 2.05) is 0 Å². The Morgan fingerprint density at radius 2 is 1.38 bits per heavy atom. The van der Waals surface area contributed by atoms with Gasteiger partial charge in [-0.1, -0.05) is 34.8 Å². The van der Waals surface area contributed by atoms with Gasteiger partial charge >= 0.3 is 0 Å². The fourth-order valence-corrected chi connectivity index (χ4v) is 2.27. The van der Waals surface area contributed by atoms with Crippen LogP contribution in [0.5, 0.6) is 0 Å². The van der Waals surface area contributed by atoms with Gasteiger partial charge in [0.2, 0.25) is 11.8 Å². The first-order valence-electron chi connectivity index (χ1n) is 4.30. The summed E-state index contributed by atoms with van der Waals surface area (Å²) in [5.41, 5.74) is 0.160. The molecule has 1 rings (SSSR count). The third kappa shape index (κ3) is 2.67. The number of carbonyl (C=O) groups is 2. The number of hydrogen-bond acceptors (Lipinski definition) is 2. The number of anilines is 1. The Kier molecular flexibility index (Phi) is 4.19. The van der Waals surface area contributed by atoms with Gasteiger partial charge in [0, 0.05) is 18.9 Å². The molecule has 0 bridgehead atoms. The Morgan fingerprint density at radius 3 is 1.69 bits per heavy atom. The summed E-state index contributed by atoms with van der Waals surface area (Å²) in [4.78, 5) is 23.6. The zero-order valence-corrected chi connectivity index (χ0v) is 10.8. The predicted molar refractivity (Wildman–Crippen MR) is 65.3 cm³/mol. The molecule has 86 valence electrons. The Hall–Kier alpha value is -0.770. The molecule has 0 atom stereocenters. The SMILES string of the molecule is CC(=O)N(C(C)=O)c1c(Cl)cc(Cl)cc1Cl. The van der Waals surface area contributed by atoms with E-state index in [1.54, 1.807) is 0 Å². The average Bonchev–Trinajstić information content (AvgIpc) is 2.09. The van der Waals surface area contributed by atoms with Gasteiger partial charge in [0.05, 0.1) is 15.7 Å². The van der Waals surface area contributed by atoms with Crippen LogP contribution in [0.3, 0.4) is 0 Å². The number of hydrogen-bond donors (Lipinski definition) is 0. The third-order valence-electron chi connectivity index (χ3n) is 1.84. The number of imide groups is 1. The van der Waals surface area contributed by atoms with Gasteiger partial charge in [-0.15, -0.1) is 0 Å². The van der Waals surface area contributed by atoms with Crippen molar-refractivity contribution in [3.05, 3.63) is 27.2 Å². The topological polar surface area (TPSA) is 37.4 Å². The molecule has 0 heterocycles. The van der Waals surface area contributed by atoms with Crippen LogP contribution in [0.1, 0.15) is 13.8 Å². The van der Waals surface area contributed by atoms with Gasteiger partial charge in [0.1, 0.15) is 0 Å². The van der Waals surface area contributed by atoms with Crippen LogP contribution >= 0.6 is 34.8 Å². The highest BCUT2D eigenvalue weighted by atomic mass is 35.5. The van der Waals surface area contributed by atoms with Gasteiger partial charge in [0.15, 0.2) is 0 Å². The molecule has 0 fully saturated rings. The first-order valence-corrected chi connectivity index (χ1v) is 5.43. The van der Waals surface area contributed by atoms with E-state index in [0.29, 0.717) is 5.02 Å². The van der Waals surface area contributed by atoms with Crippen molar-refractivity contribution in [2.24, 2.45) is 0 Å². The van der Waals surface area contributed by atoms with Crippen molar-refractivity contribution in [1.29, 1.82) is 0 Å². The number of amides is 2. The molecule has 16 heavy (non-hydrogen) atoms. The fourth-order valence-electron chi connectivity index (χ4n) is 1.28. The van der Waals surface area contributed by atoms with E-state index in [2.05, 4.69) is 0 Å². The number of carbonyl (C=O) groups excluding carboxylic acids is 2. The monoisotopic (exact) mass is 279 g/mol. The summed E-state index contributed by atoms with van der Waals surface area (Å²) < 4.78 is 0. The molecule has 0 radical (unpaired) electrons. The first kappa shape index (κ1) is 13.3. The highest BCUT2D eigenvalue weighted by molar-refractivity contribution is 6.43. The van der Waals surface area contributed by atoms with Crippen LogP contribution in [0.25, 0.3) is 0 Å². The zero-order valence-electron chi connectivity index (χ0n) is 8.55. The molecule has 1 aromatic rings. The van der Waals surface area contributed by atoms with E-state index < -0.39 is 11.8 Å². The van der Waals surface area contributed by atoms with Crippen molar-refractivity contribution >= 4 is 52.3 Å². The summed E-state index contributed by atoms with van der Waals surface area (Å²) in [7, 11) is 0. The van der Waals surface area contributed by atoms with Crippen LogP contribution in [0.4, 0.5) is 5.69 Å². The minimum Gasteiger partial charge on any atom is -0.274 e. The molecule has 0 spiro atoms. The quantitative estimate of drug-likeness (QED) is 0.789. The first-order chi connectivity index (χ1) is 7.34. The largest absolute Gasteiger partial charge is 0.274 e. The maximum absolute atomic E-state index is 11.3. The molecule has 0 aromatic heterocycles. The van der Waals surface area contributed by atoms with Gasteiger partial charge in [-0.05, 0) is 12.1 Å². The van der Waals surface area contributed by atoms with Crippen LogP contribution < -0.4 is 4.90 Å². The van der Waals surface area contributed by atoms with Crippen LogP contribution in [0.2, 0.25) is 15.1 Å². The molecular formula is C10H8Cl3NO2. The van der Waals surface area contributed by atoms with Crippen LogP contribution in [0.15, 0.2) is 12.1 Å². The molecule has 0 saturated heterocycles. The molecule has 6 heteroatoms. The minimum atomic E-state index is -0.460. The second kappa shape index (κ2) is 5.04. The molecular weight excluding hydrogens is 272 g/mol. The Labute approximate surface area is 108 Å². The predicted octanol–water partition coefficient (Wildman–Crippen LogP) is 3.55. The van der Waals surface area contributed by atoms with E-state index in [0.717, 1.165) is 4.90 Å². The summed E-state index contributed by atoms with van der Waals surface area (Å²) in [6.45, 7) is 2.51. The van der Waals surface area contributed by atoms with Crippen molar-refractivity contribution < 1.29 is 9.59 Å². The second-order valence-electron chi connectivity index (χ2n) is 3.09. The Bertz CT molecular complexity index is 422. The number of benzene rings is 1. The molecule has 0 unspecified atom stereocenters. The molecule has 0 aliphatic rings. The van der Waals surface area contributed by atoms with E-state index in [-0.39, 0.29) is 15.7 Å². The lowest BCUT2D eigenvalue weighted by molar-refractivity contribution is -0.124. The number of rotatable bonds is 1. The van der Waals surface area contributed by atoms with E-state index in [4.69, 9.17) is 34.8 Å². The van der Waals surface area contributed by atoms with E-state index in [9.17, 15) is 9.59 Å². The van der Waals surface area contributed by atoms with Gasteiger partial charge in [-0.3, -0.25) is 9.59 Å². The smallest absolute Gasteiger partial charge is 0.230 e. The lowest BCUT2D eigenvalue weighted by Gasteiger charge is -2.20. The van der Waals surface area contributed by atoms with Crippen molar-refractivity contribution in [2.45, 2.75) is 13.8 Å². The van der Waals surface area contributed by atoms with Gasteiger partial charge < -0.3 is 0 Å². The van der Waals surface area contributed by atoms with Crippen molar-refractivity contribution in [3.8, 4) is 0 Å². The molecule has 1 aromatic carbocycles. The maximum atomic E-state index is 11.3. The Balaban J connectivity index is 3.41. The lowest BCUT2D eigenvalue weighted by Crippen LogP contribution is -2.33. The number of nitrogens with zero attached hydrogens (tertiary/aromatic N) is 1. The van der Waals surface area contributed by atoms with Crippen LogP contribution in [-0.2, 0) is 9.59 Å². The van der Waals surface area contributed by atoms with E-state index in [1.165, 1.54) is 26.0 Å². The lowest BCUT2D eigenvalue weighted by atomic mass is 10.2. The molecule has 2 amide bonds. The molecule has 0 aliphatic heterocycles. The molecule has 0 aliphatic carbocycles. The van der Waals surface area contributed by atoms with Crippen LogP contribution in [0, 0.1) is 0 Å². The number of halogens is 3. The minimum absolute atomic E-state index is 0.155. The fraction of sp³-hybridized carbons (Fsp3) is 0.200. The summed E-state index contributed by atoms with van der Waals surface area (Å²) >= 11 is 17.5. The zero-order chi connectivity index (χ0) is 12.5. The standard InChI is InChI=1S/C10H8Cl3NO2/c1-5(15)14(6(2)16)10-8(12)3-7(11)4-9(10)13/h3-4H,1-2H3. The van der Waals surface area contributed by atoms with Crippen LogP contribution in [-0.4, -0.2) is 11.8 Å².